The van der Waals surface area contributed by atoms with Gasteiger partial charge >= 0.3 is 5.97 Å². The first-order valence-electron chi connectivity index (χ1n) is 7.48. The topological polar surface area (TPSA) is 88.4 Å². The Labute approximate surface area is 130 Å². The molecular formula is C16H24N2O4. The smallest absolute Gasteiger partial charge is 0.326 e. The number of nitrogens with zero attached hydrogens (tertiary/aromatic N) is 1. The molecule has 0 fully saturated rings. The van der Waals surface area contributed by atoms with Gasteiger partial charge < -0.3 is 15.0 Å². The van der Waals surface area contributed by atoms with Crippen molar-refractivity contribution in [3.63, 3.8) is 0 Å². The molecule has 0 bridgehead atoms. The van der Waals surface area contributed by atoms with Crippen LogP contribution in [0.25, 0.3) is 0 Å². The van der Waals surface area contributed by atoms with Gasteiger partial charge in [-0.15, -0.1) is 0 Å². The van der Waals surface area contributed by atoms with Crippen molar-refractivity contribution in [2.24, 2.45) is 5.92 Å². The summed E-state index contributed by atoms with van der Waals surface area (Å²) in [7, 11) is 0. The summed E-state index contributed by atoms with van der Waals surface area (Å²) >= 11 is 0. The van der Waals surface area contributed by atoms with Crippen LogP contribution < -0.4 is 10.9 Å². The van der Waals surface area contributed by atoms with Crippen LogP contribution in [0.15, 0.2) is 23.1 Å². The van der Waals surface area contributed by atoms with E-state index in [2.05, 4.69) is 5.32 Å². The molecule has 22 heavy (non-hydrogen) atoms. The molecule has 0 aliphatic carbocycles. The summed E-state index contributed by atoms with van der Waals surface area (Å²) in [5.74, 6) is -1.36. The summed E-state index contributed by atoms with van der Waals surface area (Å²) < 4.78 is 1.36. The van der Waals surface area contributed by atoms with Gasteiger partial charge in [-0.05, 0) is 31.7 Å². The maximum atomic E-state index is 12.4. The fraction of sp³-hybridized carbons (Fsp3) is 0.562. The third kappa shape index (κ3) is 4.44. The lowest BCUT2D eigenvalue weighted by Gasteiger charge is -2.22. The summed E-state index contributed by atoms with van der Waals surface area (Å²) in [4.78, 5) is 35.8. The minimum atomic E-state index is -1.06. The first-order valence-corrected chi connectivity index (χ1v) is 7.48. The van der Waals surface area contributed by atoms with Crippen molar-refractivity contribution in [1.82, 2.24) is 9.88 Å². The predicted molar refractivity (Wildman–Crippen MR) is 83.8 cm³/mol. The van der Waals surface area contributed by atoms with Crippen molar-refractivity contribution in [2.45, 2.75) is 52.6 Å². The monoisotopic (exact) mass is 308 g/mol. The van der Waals surface area contributed by atoms with Gasteiger partial charge in [0.25, 0.3) is 5.56 Å². The number of carbonyl (C=O) groups is 2. The number of carboxylic acids is 1. The number of aryl methyl sites for hydroxylation is 1. The number of aliphatic carboxylic acids is 1. The highest BCUT2D eigenvalue weighted by molar-refractivity contribution is 5.85. The summed E-state index contributed by atoms with van der Waals surface area (Å²) in [5.41, 5.74) is 0.311. The predicted octanol–water partition coefficient (Wildman–Crippen LogP) is 1.72. The first kappa shape index (κ1) is 17.9. The Kier molecular flexibility index (Phi) is 6.34. The van der Waals surface area contributed by atoms with Crippen molar-refractivity contribution < 1.29 is 14.7 Å². The van der Waals surface area contributed by atoms with Crippen LogP contribution in [0.5, 0.6) is 0 Å². The highest BCUT2D eigenvalue weighted by Crippen LogP contribution is 2.12. The highest BCUT2D eigenvalue weighted by atomic mass is 16.4. The van der Waals surface area contributed by atoms with E-state index >= 15 is 0 Å². The number of amides is 1. The Hall–Kier alpha value is -2.11. The second kappa shape index (κ2) is 7.77. The van der Waals surface area contributed by atoms with Gasteiger partial charge in [-0.3, -0.25) is 9.59 Å². The number of aromatic nitrogens is 1. The molecule has 1 aromatic heterocycles. The van der Waals surface area contributed by atoms with Crippen LogP contribution in [0.2, 0.25) is 0 Å². The van der Waals surface area contributed by atoms with Crippen LogP contribution in [0.1, 0.15) is 45.2 Å². The fourth-order valence-electron chi connectivity index (χ4n) is 2.34. The molecule has 0 saturated heterocycles. The van der Waals surface area contributed by atoms with Gasteiger partial charge in [0.15, 0.2) is 0 Å². The third-order valence-electron chi connectivity index (χ3n) is 3.51. The van der Waals surface area contributed by atoms with E-state index in [0.717, 1.165) is 0 Å². The zero-order valence-electron chi connectivity index (χ0n) is 13.5. The van der Waals surface area contributed by atoms with E-state index in [1.165, 1.54) is 4.57 Å². The minimum absolute atomic E-state index is 0.142. The molecule has 0 aliphatic rings. The number of pyridine rings is 1. The molecule has 1 amide bonds. The molecule has 2 unspecified atom stereocenters. The molecular weight excluding hydrogens is 284 g/mol. The van der Waals surface area contributed by atoms with Crippen LogP contribution >= 0.6 is 0 Å². The van der Waals surface area contributed by atoms with E-state index in [-0.39, 0.29) is 11.5 Å². The standard InChI is InChI=1S/C16H24N2O4/c1-5-13(18-8-6-7-11(4)15(18)20)14(19)17-12(16(21)22)9-10(2)3/h6-8,10,12-13H,5,9H2,1-4H3,(H,17,19)(H,21,22). The molecule has 6 nitrogen and oxygen atoms in total. The minimum Gasteiger partial charge on any atom is -0.480 e. The van der Waals surface area contributed by atoms with E-state index in [1.807, 2.05) is 13.8 Å². The van der Waals surface area contributed by atoms with Crippen LogP contribution in [0.3, 0.4) is 0 Å². The number of rotatable bonds is 7. The van der Waals surface area contributed by atoms with E-state index < -0.39 is 24.0 Å². The van der Waals surface area contributed by atoms with Crippen molar-refractivity contribution in [2.75, 3.05) is 0 Å². The molecule has 0 spiro atoms. The molecule has 122 valence electrons. The second-order valence-electron chi connectivity index (χ2n) is 5.86. The zero-order chi connectivity index (χ0) is 16.9. The van der Waals surface area contributed by atoms with E-state index in [9.17, 15) is 19.5 Å². The van der Waals surface area contributed by atoms with Crippen LogP contribution in [-0.4, -0.2) is 27.6 Å². The summed E-state index contributed by atoms with van der Waals surface area (Å²) in [6.45, 7) is 7.26. The molecule has 1 aromatic rings. The van der Waals surface area contributed by atoms with Gasteiger partial charge in [-0.2, -0.15) is 0 Å². The summed E-state index contributed by atoms with van der Waals surface area (Å²) in [6.07, 6.45) is 2.31. The summed E-state index contributed by atoms with van der Waals surface area (Å²) in [5, 5.41) is 11.8. The van der Waals surface area contributed by atoms with E-state index in [0.29, 0.717) is 18.4 Å². The zero-order valence-corrected chi connectivity index (χ0v) is 13.5. The largest absolute Gasteiger partial charge is 0.480 e. The molecule has 2 atom stereocenters. The van der Waals surface area contributed by atoms with Gasteiger partial charge in [-0.1, -0.05) is 26.8 Å². The number of carboxylic acid groups (broad SMARTS) is 1. The Morgan fingerprint density at radius 1 is 1.36 bits per heavy atom. The molecule has 0 radical (unpaired) electrons. The average Bonchev–Trinajstić information content (AvgIpc) is 2.43. The number of carbonyl (C=O) groups excluding carboxylic acids is 1. The Bertz CT molecular complexity index is 592. The fourth-order valence-corrected chi connectivity index (χ4v) is 2.34. The number of hydrogen-bond acceptors (Lipinski definition) is 3. The lowest BCUT2D eigenvalue weighted by atomic mass is 10.0. The lowest BCUT2D eigenvalue weighted by molar-refractivity contribution is -0.142. The average molecular weight is 308 g/mol. The van der Waals surface area contributed by atoms with Gasteiger partial charge in [0, 0.05) is 11.8 Å². The van der Waals surface area contributed by atoms with Crippen molar-refractivity contribution >= 4 is 11.9 Å². The van der Waals surface area contributed by atoms with Crippen LogP contribution in [0.4, 0.5) is 0 Å². The lowest BCUT2D eigenvalue weighted by Crippen LogP contribution is -2.46. The molecule has 2 N–H and O–H groups in total. The van der Waals surface area contributed by atoms with Crippen molar-refractivity contribution in [3.05, 3.63) is 34.2 Å². The second-order valence-corrected chi connectivity index (χ2v) is 5.86. The quantitative estimate of drug-likeness (QED) is 0.803. The molecule has 0 aromatic carbocycles. The van der Waals surface area contributed by atoms with Crippen LogP contribution in [-0.2, 0) is 9.59 Å². The SMILES string of the molecule is CCC(C(=O)NC(CC(C)C)C(=O)O)n1cccc(C)c1=O. The maximum absolute atomic E-state index is 12.4. The normalized spacial score (nSPS) is 13.7. The van der Waals surface area contributed by atoms with Crippen molar-refractivity contribution in [1.29, 1.82) is 0 Å². The maximum Gasteiger partial charge on any atom is 0.326 e. The van der Waals surface area contributed by atoms with Gasteiger partial charge in [0.05, 0.1) is 0 Å². The van der Waals surface area contributed by atoms with Gasteiger partial charge in [0.1, 0.15) is 12.1 Å². The number of hydrogen-bond donors (Lipinski definition) is 2. The van der Waals surface area contributed by atoms with Gasteiger partial charge in [-0.25, -0.2) is 4.79 Å². The molecule has 0 saturated carbocycles. The number of nitrogens with one attached hydrogen (secondary N) is 1. The molecule has 0 aliphatic heterocycles. The third-order valence-corrected chi connectivity index (χ3v) is 3.51. The highest BCUT2D eigenvalue weighted by Gasteiger charge is 2.26. The Morgan fingerprint density at radius 3 is 2.50 bits per heavy atom. The van der Waals surface area contributed by atoms with Gasteiger partial charge in [0.2, 0.25) is 5.91 Å². The Morgan fingerprint density at radius 2 is 2.00 bits per heavy atom. The first-order chi connectivity index (χ1) is 10.3. The van der Waals surface area contributed by atoms with Crippen LogP contribution in [0, 0.1) is 12.8 Å². The van der Waals surface area contributed by atoms with E-state index in [1.54, 1.807) is 32.2 Å². The van der Waals surface area contributed by atoms with E-state index in [4.69, 9.17) is 0 Å². The van der Waals surface area contributed by atoms with Crippen molar-refractivity contribution in [3.8, 4) is 0 Å². The molecule has 6 heteroatoms. The Balaban J connectivity index is 2.99. The summed E-state index contributed by atoms with van der Waals surface area (Å²) in [6, 6.07) is 1.74. The molecule has 1 rings (SSSR count). The molecule has 1 heterocycles.